The maximum Gasteiger partial charge on any atom is 0.0551 e. The van der Waals surface area contributed by atoms with E-state index in [0.717, 1.165) is 0 Å². The molecule has 0 aromatic carbocycles. The minimum absolute atomic E-state index is 0. The molecule has 0 aromatic heterocycles. The zero-order valence-corrected chi connectivity index (χ0v) is 6.02. The van der Waals surface area contributed by atoms with Gasteiger partial charge >= 0.3 is 0 Å². The Morgan fingerprint density at radius 3 is 1.25 bits per heavy atom. The summed E-state index contributed by atoms with van der Waals surface area (Å²) in [6.07, 6.45) is 0. The van der Waals surface area contributed by atoms with E-state index < -0.39 is 0 Å². The summed E-state index contributed by atoms with van der Waals surface area (Å²) in [5, 5.41) is 0. The number of nitrogens with two attached hydrogens (primary N) is 2. The van der Waals surface area contributed by atoms with E-state index in [0.29, 0.717) is 13.1 Å². The predicted octanol–water partition coefficient (Wildman–Crippen LogP) is -0.249. The predicted molar refractivity (Wildman–Crippen MR) is 40.4 cm³/mol. The molecule has 2 nitrogen and oxygen atoms in total. The minimum Gasteiger partial charge on any atom is -0.320 e. The first-order chi connectivity index (χ1) is 2.91. The molecule has 8 heavy (non-hydrogen) atoms. The van der Waals surface area contributed by atoms with Crippen LogP contribution in [0, 0.1) is 11.8 Å². The van der Waals surface area contributed by atoms with Crippen molar-refractivity contribution in [2.24, 2.45) is 11.5 Å². The van der Waals surface area contributed by atoms with Crippen molar-refractivity contribution >= 4 is 24.8 Å². The lowest BCUT2D eigenvalue weighted by atomic mass is 10.6. The first kappa shape index (κ1) is 15.7. The van der Waals surface area contributed by atoms with Crippen LogP contribution < -0.4 is 11.5 Å². The van der Waals surface area contributed by atoms with Crippen LogP contribution in [0.3, 0.4) is 0 Å². The van der Waals surface area contributed by atoms with E-state index in [1.54, 1.807) is 0 Å². The van der Waals surface area contributed by atoms with E-state index in [4.69, 9.17) is 11.5 Å². The Hall–Kier alpha value is 0.0600. The molecular formula is C4H10Cl2N2. The van der Waals surface area contributed by atoms with E-state index in [1.807, 2.05) is 0 Å². The van der Waals surface area contributed by atoms with Crippen LogP contribution in [0.1, 0.15) is 0 Å². The molecule has 0 aliphatic heterocycles. The van der Waals surface area contributed by atoms with Crippen LogP contribution in [-0.4, -0.2) is 13.1 Å². The first-order valence-electron chi connectivity index (χ1n) is 1.77. The molecule has 50 valence electrons. The van der Waals surface area contributed by atoms with Gasteiger partial charge < -0.3 is 11.5 Å². The second-order valence-electron chi connectivity index (χ2n) is 0.762. The third-order valence-electron chi connectivity index (χ3n) is 0.329. The molecule has 0 bridgehead atoms. The van der Waals surface area contributed by atoms with Gasteiger partial charge in [0, 0.05) is 0 Å². The highest BCUT2D eigenvalue weighted by molar-refractivity contribution is 5.85. The van der Waals surface area contributed by atoms with Crippen LogP contribution in [0.25, 0.3) is 0 Å². The van der Waals surface area contributed by atoms with Crippen molar-refractivity contribution in [3.05, 3.63) is 0 Å². The summed E-state index contributed by atoms with van der Waals surface area (Å²) in [6, 6.07) is 0. The van der Waals surface area contributed by atoms with E-state index in [1.165, 1.54) is 0 Å². The van der Waals surface area contributed by atoms with E-state index in [9.17, 15) is 0 Å². The lowest BCUT2D eigenvalue weighted by Crippen LogP contribution is -1.97. The first-order valence-corrected chi connectivity index (χ1v) is 1.77. The second kappa shape index (κ2) is 15.7. The summed E-state index contributed by atoms with van der Waals surface area (Å²) in [7, 11) is 0. The molecule has 0 saturated heterocycles. The van der Waals surface area contributed by atoms with Crippen LogP contribution >= 0.6 is 24.8 Å². The van der Waals surface area contributed by atoms with Gasteiger partial charge in [0.05, 0.1) is 13.1 Å². The van der Waals surface area contributed by atoms with Crippen molar-refractivity contribution in [3.8, 4) is 11.8 Å². The Kier molecular flexibility index (Phi) is 30.8. The van der Waals surface area contributed by atoms with Crippen LogP contribution in [0.4, 0.5) is 0 Å². The number of hydrogen-bond acceptors (Lipinski definition) is 2. The summed E-state index contributed by atoms with van der Waals surface area (Å²) in [6.45, 7) is 0.828. The topological polar surface area (TPSA) is 52.0 Å². The van der Waals surface area contributed by atoms with Crippen LogP contribution in [-0.2, 0) is 0 Å². The maximum absolute atomic E-state index is 4.99. The molecule has 4 heteroatoms. The SMILES string of the molecule is Cl.Cl.NCC#CCN. The zero-order chi connectivity index (χ0) is 4.83. The fraction of sp³-hybridized carbons (Fsp3) is 0.500. The van der Waals surface area contributed by atoms with Gasteiger partial charge in [-0.15, -0.1) is 24.8 Å². The van der Waals surface area contributed by atoms with Gasteiger partial charge in [-0.25, -0.2) is 0 Å². The molecule has 0 radical (unpaired) electrons. The number of rotatable bonds is 0. The van der Waals surface area contributed by atoms with Crippen molar-refractivity contribution in [1.29, 1.82) is 0 Å². The Morgan fingerprint density at radius 1 is 0.875 bits per heavy atom. The normalized spacial score (nSPS) is 4.75. The minimum atomic E-state index is 0. The highest BCUT2D eigenvalue weighted by Gasteiger charge is 1.55. The van der Waals surface area contributed by atoms with Crippen LogP contribution in [0.15, 0.2) is 0 Å². The van der Waals surface area contributed by atoms with E-state index in [-0.39, 0.29) is 24.8 Å². The largest absolute Gasteiger partial charge is 0.320 e. The van der Waals surface area contributed by atoms with Gasteiger partial charge in [-0.3, -0.25) is 0 Å². The average Bonchev–Trinajstić information content (AvgIpc) is 1.61. The molecule has 4 N–H and O–H groups in total. The molecule has 0 aromatic rings. The van der Waals surface area contributed by atoms with Gasteiger partial charge in [0.15, 0.2) is 0 Å². The standard InChI is InChI=1S/C4H8N2.2ClH/c5-3-1-2-4-6;;/h3-6H2;2*1H. The number of halogens is 2. The van der Waals surface area contributed by atoms with Crippen LogP contribution in [0.2, 0.25) is 0 Å². The maximum atomic E-state index is 4.99. The Bertz CT molecular complexity index is 65.8. The molecule has 0 aliphatic rings. The van der Waals surface area contributed by atoms with Crippen molar-refractivity contribution in [3.63, 3.8) is 0 Å². The van der Waals surface area contributed by atoms with Gasteiger partial charge in [0.2, 0.25) is 0 Å². The van der Waals surface area contributed by atoms with E-state index >= 15 is 0 Å². The van der Waals surface area contributed by atoms with Gasteiger partial charge in [-0.05, 0) is 0 Å². The Balaban J connectivity index is -0.000000125. The zero-order valence-electron chi connectivity index (χ0n) is 4.39. The summed E-state index contributed by atoms with van der Waals surface area (Å²) in [5.74, 6) is 5.20. The Morgan fingerprint density at radius 2 is 1.12 bits per heavy atom. The van der Waals surface area contributed by atoms with Crippen molar-refractivity contribution in [2.75, 3.05) is 13.1 Å². The molecule has 0 amide bonds. The second-order valence-corrected chi connectivity index (χ2v) is 0.762. The van der Waals surface area contributed by atoms with Gasteiger partial charge in [0.1, 0.15) is 0 Å². The molecule has 0 rings (SSSR count). The fourth-order valence-corrected chi connectivity index (χ4v) is 0.144. The third-order valence-corrected chi connectivity index (χ3v) is 0.329. The van der Waals surface area contributed by atoms with Gasteiger partial charge in [-0.2, -0.15) is 0 Å². The van der Waals surface area contributed by atoms with Crippen molar-refractivity contribution in [1.82, 2.24) is 0 Å². The lowest BCUT2D eigenvalue weighted by Gasteiger charge is -1.67. The Labute approximate surface area is 61.8 Å². The monoisotopic (exact) mass is 156 g/mol. The molecule has 0 heterocycles. The summed E-state index contributed by atoms with van der Waals surface area (Å²) >= 11 is 0. The van der Waals surface area contributed by atoms with Gasteiger partial charge in [0.25, 0.3) is 0 Å². The quantitative estimate of drug-likeness (QED) is 0.476. The molecule has 0 unspecified atom stereocenters. The lowest BCUT2D eigenvalue weighted by molar-refractivity contribution is 1.26. The molecule has 0 saturated carbocycles. The third kappa shape index (κ3) is 16.6. The molecule has 0 aliphatic carbocycles. The van der Waals surface area contributed by atoms with Crippen LogP contribution in [0.5, 0.6) is 0 Å². The molecule has 0 atom stereocenters. The summed E-state index contributed by atoms with van der Waals surface area (Å²) in [5.41, 5.74) is 9.97. The fourth-order valence-electron chi connectivity index (χ4n) is 0.144. The molecular weight excluding hydrogens is 147 g/mol. The molecule has 0 fully saturated rings. The highest BCUT2D eigenvalue weighted by atomic mass is 35.5. The number of hydrogen-bond donors (Lipinski definition) is 2. The molecule has 0 spiro atoms. The van der Waals surface area contributed by atoms with Crippen molar-refractivity contribution in [2.45, 2.75) is 0 Å². The van der Waals surface area contributed by atoms with Gasteiger partial charge in [-0.1, -0.05) is 11.8 Å². The highest BCUT2D eigenvalue weighted by Crippen LogP contribution is 1.41. The van der Waals surface area contributed by atoms with Crippen molar-refractivity contribution < 1.29 is 0 Å². The average molecular weight is 157 g/mol. The van der Waals surface area contributed by atoms with E-state index in [2.05, 4.69) is 11.8 Å². The smallest absolute Gasteiger partial charge is 0.0551 e. The summed E-state index contributed by atoms with van der Waals surface area (Å²) < 4.78 is 0. The summed E-state index contributed by atoms with van der Waals surface area (Å²) in [4.78, 5) is 0.